The van der Waals surface area contributed by atoms with Crippen LogP contribution in [-0.2, 0) is 9.59 Å². The maximum atomic E-state index is 12.4. The van der Waals surface area contributed by atoms with Gasteiger partial charge in [-0.15, -0.1) is 0 Å². The van der Waals surface area contributed by atoms with Gasteiger partial charge in [-0.05, 0) is 42.5 Å². The van der Waals surface area contributed by atoms with Gasteiger partial charge in [-0.2, -0.15) is 0 Å². The summed E-state index contributed by atoms with van der Waals surface area (Å²) < 4.78 is 10.4. The Morgan fingerprint density at radius 3 is 2.59 bits per heavy atom. The fourth-order valence-corrected chi connectivity index (χ4v) is 2.71. The normalized spacial score (nSPS) is 12.8. The maximum absolute atomic E-state index is 12.4. The number of ether oxygens (including phenoxy) is 2. The molecule has 1 aliphatic rings. The van der Waals surface area contributed by atoms with Crippen LogP contribution in [0.15, 0.2) is 42.5 Å². The van der Waals surface area contributed by atoms with Gasteiger partial charge in [0.1, 0.15) is 11.5 Å². The van der Waals surface area contributed by atoms with Crippen LogP contribution in [0, 0.1) is 0 Å². The van der Waals surface area contributed by atoms with E-state index in [9.17, 15) is 14.4 Å². The van der Waals surface area contributed by atoms with Crippen LogP contribution in [0.3, 0.4) is 0 Å². The minimum atomic E-state index is -0.248. The summed E-state index contributed by atoms with van der Waals surface area (Å²) in [6.45, 7) is -0.0116. The average Bonchev–Trinajstić information content (AvgIpc) is 2.69. The van der Waals surface area contributed by atoms with Crippen molar-refractivity contribution in [3.63, 3.8) is 0 Å². The highest BCUT2D eigenvalue weighted by atomic mass is 16.5. The molecule has 27 heavy (non-hydrogen) atoms. The zero-order valence-electron chi connectivity index (χ0n) is 15.2. The second-order valence-electron chi connectivity index (χ2n) is 6.12. The van der Waals surface area contributed by atoms with Crippen molar-refractivity contribution in [1.82, 2.24) is 0 Å². The molecule has 7 heteroatoms. The van der Waals surface area contributed by atoms with E-state index >= 15 is 0 Å². The predicted molar refractivity (Wildman–Crippen MR) is 101 cm³/mol. The summed E-state index contributed by atoms with van der Waals surface area (Å²) in [5.74, 6) is 0.663. The third-order valence-electron chi connectivity index (χ3n) is 4.32. The number of nitrogens with one attached hydrogen (secondary N) is 1. The van der Waals surface area contributed by atoms with E-state index in [1.165, 1.54) is 4.90 Å². The van der Waals surface area contributed by atoms with E-state index in [-0.39, 0.29) is 37.0 Å². The van der Waals surface area contributed by atoms with Gasteiger partial charge in [0.25, 0.3) is 5.91 Å². The highest BCUT2D eigenvalue weighted by Gasteiger charge is 2.23. The molecule has 0 radical (unpaired) electrons. The Morgan fingerprint density at radius 2 is 1.89 bits per heavy atom. The number of benzene rings is 2. The quantitative estimate of drug-likeness (QED) is 0.793. The molecule has 3 rings (SSSR count). The molecule has 0 atom stereocenters. The lowest BCUT2D eigenvalue weighted by molar-refractivity contribution is -0.121. The average molecular weight is 368 g/mol. The van der Waals surface area contributed by atoms with E-state index in [2.05, 4.69) is 5.32 Å². The fourth-order valence-electron chi connectivity index (χ4n) is 2.71. The van der Waals surface area contributed by atoms with Crippen molar-refractivity contribution in [2.75, 3.05) is 31.0 Å². The number of hydrogen-bond donors (Lipinski definition) is 1. The first kappa shape index (κ1) is 18.4. The molecular weight excluding hydrogens is 348 g/mol. The number of amides is 2. The number of Topliss-reactive ketones (excluding diaryl/α,β-unsaturated/α-hetero) is 1. The number of likely N-dealkylation sites (N-methyl/N-ethyl adjacent to an activating group) is 1. The molecule has 7 nitrogen and oxygen atoms in total. The molecule has 0 aliphatic carbocycles. The molecule has 140 valence electrons. The number of rotatable bonds is 6. The summed E-state index contributed by atoms with van der Waals surface area (Å²) in [6, 6.07) is 11.9. The number of nitrogens with zero attached hydrogens (tertiary/aromatic N) is 1. The first-order valence-electron chi connectivity index (χ1n) is 8.48. The Balaban J connectivity index is 1.59. The second kappa shape index (κ2) is 7.90. The van der Waals surface area contributed by atoms with Gasteiger partial charge in [0.2, 0.25) is 5.91 Å². The van der Waals surface area contributed by atoms with E-state index in [1.54, 1.807) is 56.6 Å². The van der Waals surface area contributed by atoms with Crippen molar-refractivity contribution >= 4 is 29.0 Å². The van der Waals surface area contributed by atoms with Crippen molar-refractivity contribution in [2.24, 2.45) is 0 Å². The molecule has 2 aromatic carbocycles. The third kappa shape index (κ3) is 4.25. The number of fused-ring (bicyclic) bond motifs is 1. The fraction of sp³-hybridized carbons (Fsp3) is 0.250. The van der Waals surface area contributed by atoms with Gasteiger partial charge in [0.05, 0.1) is 12.8 Å². The molecular formula is C20H20N2O5. The first-order chi connectivity index (χ1) is 13.0. The number of carbonyl (C=O) groups excluding carboxylic acids is 3. The minimum absolute atomic E-state index is 0.0116. The Kier molecular flexibility index (Phi) is 5.40. The summed E-state index contributed by atoms with van der Waals surface area (Å²) in [4.78, 5) is 37.7. The largest absolute Gasteiger partial charge is 0.497 e. The molecule has 1 aliphatic heterocycles. The molecule has 0 aromatic heterocycles. The van der Waals surface area contributed by atoms with Crippen LogP contribution in [0.4, 0.5) is 11.4 Å². The maximum Gasteiger partial charge on any atom is 0.264 e. The molecule has 1 N–H and O–H groups in total. The molecule has 0 saturated carbocycles. The molecule has 0 spiro atoms. The Bertz CT molecular complexity index is 876. The van der Waals surface area contributed by atoms with Crippen LogP contribution in [0.1, 0.15) is 23.2 Å². The number of anilines is 2. The van der Waals surface area contributed by atoms with E-state index in [1.807, 2.05) is 0 Å². The van der Waals surface area contributed by atoms with Crippen LogP contribution in [0.2, 0.25) is 0 Å². The topological polar surface area (TPSA) is 84.9 Å². The second-order valence-corrected chi connectivity index (χ2v) is 6.12. The van der Waals surface area contributed by atoms with Crippen LogP contribution in [-0.4, -0.2) is 38.4 Å². The van der Waals surface area contributed by atoms with E-state index in [0.717, 1.165) is 0 Å². The lowest BCUT2D eigenvalue weighted by Gasteiger charge is -2.26. The number of hydrogen-bond acceptors (Lipinski definition) is 5. The van der Waals surface area contributed by atoms with Gasteiger partial charge in [0, 0.05) is 31.1 Å². The lowest BCUT2D eigenvalue weighted by Crippen LogP contribution is -2.35. The van der Waals surface area contributed by atoms with Crippen LogP contribution < -0.4 is 19.7 Å². The van der Waals surface area contributed by atoms with E-state index in [0.29, 0.717) is 28.4 Å². The number of methoxy groups -OCH3 is 1. The van der Waals surface area contributed by atoms with Crippen molar-refractivity contribution in [2.45, 2.75) is 12.8 Å². The number of ketones is 1. The smallest absolute Gasteiger partial charge is 0.264 e. The molecule has 2 aromatic rings. The van der Waals surface area contributed by atoms with Crippen molar-refractivity contribution in [1.29, 1.82) is 0 Å². The van der Waals surface area contributed by atoms with Gasteiger partial charge in [-0.3, -0.25) is 14.4 Å². The molecule has 0 unspecified atom stereocenters. The monoisotopic (exact) mass is 368 g/mol. The molecule has 0 saturated heterocycles. The molecule has 2 amide bonds. The summed E-state index contributed by atoms with van der Waals surface area (Å²) in [7, 11) is 3.21. The predicted octanol–water partition coefficient (Wildman–Crippen LogP) is 2.65. The van der Waals surface area contributed by atoms with Gasteiger partial charge in [-0.1, -0.05) is 0 Å². The summed E-state index contributed by atoms with van der Waals surface area (Å²) in [5.41, 5.74) is 1.63. The summed E-state index contributed by atoms with van der Waals surface area (Å²) in [5, 5.41) is 2.74. The molecule has 0 bridgehead atoms. The first-order valence-corrected chi connectivity index (χ1v) is 8.48. The number of carbonyl (C=O) groups is 3. The highest BCUT2D eigenvalue weighted by molar-refractivity contribution is 6.03. The standard InChI is InChI=1S/C20H20N2O5/c1-22-16-11-13(3-9-18(16)27-12-20(22)25)17(23)8-10-19(24)21-14-4-6-15(26-2)7-5-14/h3-7,9,11H,8,10,12H2,1-2H3,(H,21,24). The molecule has 1 heterocycles. The van der Waals surface area contributed by atoms with E-state index in [4.69, 9.17) is 9.47 Å². The molecule has 0 fully saturated rings. The van der Waals surface area contributed by atoms with Crippen molar-refractivity contribution in [3.8, 4) is 11.5 Å². The Morgan fingerprint density at radius 1 is 1.15 bits per heavy atom. The Hall–Kier alpha value is -3.35. The van der Waals surface area contributed by atoms with Crippen LogP contribution in [0.25, 0.3) is 0 Å². The van der Waals surface area contributed by atoms with Crippen LogP contribution >= 0.6 is 0 Å². The minimum Gasteiger partial charge on any atom is -0.497 e. The van der Waals surface area contributed by atoms with Gasteiger partial charge >= 0.3 is 0 Å². The SMILES string of the molecule is COc1ccc(NC(=O)CCC(=O)c2ccc3c(c2)N(C)C(=O)CO3)cc1. The van der Waals surface area contributed by atoms with Crippen LogP contribution in [0.5, 0.6) is 11.5 Å². The third-order valence-corrected chi connectivity index (χ3v) is 4.32. The zero-order valence-corrected chi connectivity index (χ0v) is 15.2. The Labute approximate surface area is 156 Å². The van der Waals surface area contributed by atoms with Crippen molar-refractivity contribution in [3.05, 3.63) is 48.0 Å². The van der Waals surface area contributed by atoms with Gasteiger partial charge in [0.15, 0.2) is 12.4 Å². The van der Waals surface area contributed by atoms with Gasteiger partial charge < -0.3 is 19.7 Å². The zero-order chi connectivity index (χ0) is 19.4. The lowest BCUT2D eigenvalue weighted by atomic mass is 10.0. The summed E-state index contributed by atoms with van der Waals surface area (Å²) in [6.07, 6.45) is 0.131. The summed E-state index contributed by atoms with van der Waals surface area (Å²) >= 11 is 0. The highest BCUT2D eigenvalue weighted by Crippen LogP contribution is 2.32. The van der Waals surface area contributed by atoms with Gasteiger partial charge in [-0.25, -0.2) is 0 Å². The van der Waals surface area contributed by atoms with E-state index < -0.39 is 0 Å². The van der Waals surface area contributed by atoms with Crippen molar-refractivity contribution < 1.29 is 23.9 Å².